The minimum Gasteiger partial charge on any atom is -0.381 e. The highest BCUT2D eigenvalue weighted by molar-refractivity contribution is 5.25. The van der Waals surface area contributed by atoms with Crippen LogP contribution in [-0.2, 0) is 9.47 Å². The summed E-state index contributed by atoms with van der Waals surface area (Å²) in [5.41, 5.74) is 1.68. The average Bonchev–Trinajstić information content (AvgIpc) is 2.91. The Labute approximate surface area is 79.9 Å². The predicted molar refractivity (Wildman–Crippen MR) is 51.6 cm³/mol. The molecule has 0 N–H and O–H groups in total. The zero-order valence-corrected chi connectivity index (χ0v) is 8.51. The van der Waals surface area contributed by atoms with Gasteiger partial charge in [0, 0.05) is 26.1 Å². The number of rotatable bonds is 2. The normalized spacial score (nSPS) is 36.6. The molecule has 0 bridgehead atoms. The van der Waals surface area contributed by atoms with E-state index in [4.69, 9.17) is 9.47 Å². The van der Waals surface area contributed by atoms with Crippen LogP contribution < -0.4 is 0 Å². The molecule has 2 aliphatic carbocycles. The number of ether oxygens (including phenoxy) is 2. The van der Waals surface area contributed by atoms with Gasteiger partial charge in [-0.3, -0.25) is 0 Å². The minimum atomic E-state index is 0.323. The Morgan fingerprint density at radius 2 is 2.00 bits per heavy atom. The lowest BCUT2D eigenvalue weighted by Crippen LogP contribution is -2.37. The summed E-state index contributed by atoms with van der Waals surface area (Å²) in [5, 5.41) is 0. The van der Waals surface area contributed by atoms with Crippen LogP contribution in [0.4, 0.5) is 0 Å². The fourth-order valence-electron chi connectivity index (χ4n) is 2.57. The molecule has 0 saturated heterocycles. The fourth-order valence-corrected chi connectivity index (χ4v) is 2.57. The van der Waals surface area contributed by atoms with Crippen molar-refractivity contribution in [1.29, 1.82) is 0 Å². The first-order chi connectivity index (χ1) is 6.23. The Hall–Kier alpha value is -0.340. The maximum Gasteiger partial charge on any atom is 0.0689 e. The molecule has 2 nitrogen and oxygen atoms in total. The molecule has 2 unspecified atom stereocenters. The van der Waals surface area contributed by atoms with Gasteiger partial charge in [0.1, 0.15) is 0 Å². The van der Waals surface area contributed by atoms with Crippen molar-refractivity contribution in [2.75, 3.05) is 14.2 Å². The van der Waals surface area contributed by atoms with Gasteiger partial charge in [0.25, 0.3) is 0 Å². The summed E-state index contributed by atoms with van der Waals surface area (Å²) in [6.07, 6.45) is 5.26. The summed E-state index contributed by atoms with van der Waals surface area (Å²) in [4.78, 5) is 0. The first-order valence-electron chi connectivity index (χ1n) is 4.97. The summed E-state index contributed by atoms with van der Waals surface area (Å²) >= 11 is 0. The van der Waals surface area contributed by atoms with Crippen LogP contribution in [0, 0.1) is 5.41 Å². The zero-order valence-electron chi connectivity index (χ0n) is 8.51. The second-order valence-electron chi connectivity index (χ2n) is 4.28. The molecule has 74 valence electrons. The third kappa shape index (κ3) is 1.32. The monoisotopic (exact) mass is 182 g/mol. The molecule has 0 heterocycles. The third-order valence-electron chi connectivity index (χ3n) is 3.68. The molecule has 2 atom stereocenters. The second kappa shape index (κ2) is 3.10. The van der Waals surface area contributed by atoms with E-state index in [0.717, 1.165) is 12.8 Å². The quantitative estimate of drug-likeness (QED) is 0.609. The highest BCUT2D eigenvalue weighted by atomic mass is 16.5. The first-order valence-corrected chi connectivity index (χ1v) is 4.97. The summed E-state index contributed by atoms with van der Waals surface area (Å²) in [6, 6.07) is 0. The molecular weight excluding hydrogens is 164 g/mol. The van der Waals surface area contributed by atoms with Crippen molar-refractivity contribution in [1.82, 2.24) is 0 Å². The lowest BCUT2D eigenvalue weighted by molar-refractivity contribution is -0.0270. The van der Waals surface area contributed by atoms with E-state index in [0.29, 0.717) is 17.6 Å². The van der Waals surface area contributed by atoms with Crippen LogP contribution in [0.3, 0.4) is 0 Å². The fraction of sp³-hybridized carbons (Fsp3) is 0.818. The molecule has 13 heavy (non-hydrogen) atoms. The van der Waals surface area contributed by atoms with Crippen molar-refractivity contribution in [2.24, 2.45) is 5.41 Å². The standard InChI is InChI=1S/C11H18O2/c1-8-6-9(12-2)7-10(13-3)11(8)4-5-11/h9-10H,1,4-7H2,2-3H3. The van der Waals surface area contributed by atoms with E-state index < -0.39 is 0 Å². The van der Waals surface area contributed by atoms with Crippen LogP contribution in [0.25, 0.3) is 0 Å². The van der Waals surface area contributed by atoms with Gasteiger partial charge >= 0.3 is 0 Å². The summed E-state index contributed by atoms with van der Waals surface area (Å²) in [5.74, 6) is 0. The van der Waals surface area contributed by atoms with Crippen LogP contribution in [0.15, 0.2) is 12.2 Å². The average molecular weight is 182 g/mol. The predicted octanol–water partition coefficient (Wildman–Crippen LogP) is 2.15. The Bertz CT molecular complexity index is 218. The Balaban J connectivity index is 2.11. The van der Waals surface area contributed by atoms with E-state index in [1.165, 1.54) is 18.4 Å². The molecule has 2 rings (SSSR count). The van der Waals surface area contributed by atoms with Gasteiger partial charge in [0.2, 0.25) is 0 Å². The topological polar surface area (TPSA) is 18.5 Å². The van der Waals surface area contributed by atoms with Gasteiger partial charge in [0.05, 0.1) is 12.2 Å². The van der Waals surface area contributed by atoms with Crippen LogP contribution in [0.5, 0.6) is 0 Å². The van der Waals surface area contributed by atoms with E-state index in [9.17, 15) is 0 Å². The summed E-state index contributed by atoms with van der Waals surface area (Å²) in [7, 11) is 3.58. The molecule has 0 aromatic rings. The maximum absolute atomic E-state index is 5.53. The smallest absolute Gasteiger partial charge is 0.0689 e. The Morgan fingerprint density at radius 3 is 2.46 bits per heavy atom. The molecule has 0 aromatic carbocycles. The molecule has 0 amide bonds. The van der Waals surface area contributed by atoms with Gasteiger partial charge in [-0.05, 0) is 19.3 Å². The van der Waals surface area contributed by atoms with Crippen LogP contribution in [0.2, 0.25) is 0 Å². The lowest BCUT2D eigenvalue weighted by Gasteiger charge is -2.36. The Morgan fingerprint density at radius 1 is 1.31 bits per heavy atom. The summed E-state index contributed by atoms with van der Waals surface area (Å²) in [6.45, 7) is 4.17. The van der Waals surface area contributed by atoms with Gasteiger partial charge < -0.3 is 9.47 Å². The molecule has 2 fully saturated rings. The number of methoxy groups -OCH3 is 2. The lowest BCUT2D eigenvalue weighted by atomic mass is 9.78. The SMILES string of the molecule is C=C1CC(OC)CC(OC)C12CC2. The van der Waals surface area contributed by atoms with Crippen LogP contribution in [-0.4, -0.2) is 26.4 Å². The molecule has 0 aromatic heterocycles. The van der Waals surface area contributed by atoms with Crippen molar-refractivity contribution in [2.45, 2.75) is 37.9 Å². The van der Waals surface area contributed by atoms with Gasteiger partial charge in [-0.1, -0.05) is 12.2 Å². The van der Waals surface area contributed by atoms with E-state index in [1.54, 1.807) is 14.2 Å². The van der Waals surface area contributed by atoms with E-state index in [2.05, 4.69) is 6.58 Å². The Kier molecular flexibility index (Phi) is 2.20. The van der Waals surface area contributed by atoms with E-state index in [1.807, 2.05) is 0 Å². The first kappa shape index (κ1) is 9.22. The molecular formula is C11H18O2. The number of hydrogen-bond donors (Lipinski definition) is 0. The zero-order chi connectivity index (χ0) is 9.47. The van der Waals surface area contributed by atoms with Crippen molar-refractivity contribution in [3.8, 4) is 0 Å². The molecule has 1 spiro atoms. The number of hydrogen-bond acceptors (Lipinski definition) is 2. The molecule has 2 aliphatic rings. The highest BCUT2D eigenvalue weighted by Crippen LogP contribution is 2.59. The molecule has 0 radical (unpaired) electrons. The molecule has 0 aliphatic heterocycles. The van der Waals surface area contributed by atoms with Crippen LogP contribution in [0.1, 0.15) is 25.7 Å². The maximum atomic E-state index is 5.53. The second-order valence-corrected chi connectivity index (χ2v) is 4.28. The van der Waals surface area contributed by atoms with Gasteiger partial charge in [-0.15, -0.1) is 0 Å². The van der Waals surface area contributed by atoms with Crippen molar-refractivity contribution >= 4 is 0 Å². The van der Waals surface area contributed by atoms with E-state index >= 15 is 0 Å². The van der Waals surface area contributed by atoms with Gasteiger partial charge in [-0.25, -0.2) is 0 Å². The largest absolute Gasteiger partial charge is 0.381 e. The third-order valence-corrected chi connectivity index (χ3v) is 3.68. The minimum absolute atomic E-state index is 0.323. The summed E-state index contributed by atoms with van der Waals surface area (Å²) < 4.78 is 10.9. The van der Waals surface area contributed by atoms with Crippen molar-refractivity contribution in [3.05, 3.63) is 12.2 Å². The molecule has 2 saturated carbocycles. The van der Waals surface area contributed by atoms with E-state index in [-0.39, 0.29) is 0 Å². The van der Waals surface area contributed by atoms with Crippen molar-refractivity contribution < 1.29 is 9.47 Å². The molecule has 2 heteroatoms. The van der Waals surface area contributed by atoms with Gasteiger partial charge in [-0.2, -0.15) is 0 Å². The van der Waals surface area contributed by atoms with Crippen LogP contribution >= 0.6 is 0 Å². The van der Waals surface area contributed by atoms with Gasteiger partial charge in [0.15, 0.2) is 0 Å². The van der Waals surface area contributed by atoms with Crippen molar-refractivity contribution in [3.63, 3.8) is 0 Å². The highest BCUT2D eigenvalue weighted by Gasteiger charge is 2.54.